The van der Waals surface area contributed by atoms with E-state index in [-0.39, 0.29) is 48.2 Å². The van der Waals surface area contributed by atoms with Gasteiger partial charge in [-0.25, -0.2) is 0 Å². The predicted molar refractivity (Wildman–Crippen MR) is 232 cm³/mol. The van der Waals surface area contributed by atoms with Crippen molar-refractivity contribution in [3.8, 4) is 22.4 Å². The summed E-state index contributed by atoms with van der Waals surface area (Å²) in [5.41, 5.74) is 6.92. The molecule has 12 nitrogen and oxygen atoms in total. The van der Waals surface area contributed by atoms with Crippen LogP contribution in [0.3, 0.4) is 0 Å². The molecular formula is C48H59N5O7. The minimum Gasteiger partial charge on any atom is -0.467 e. The van der Waals surface area contributed by atoms with Crippen LogP contribution in [0.5, 0.6) is 0 Å². The van der Waals surface area contributed by atoms with Gasteiger partial charge in [0.05, 0.1) is 35.6 Å². The van der Waals surface area contributed by atoms with Crippen molar-refractivity contribution in [3.63, 3.8) is 0 Å². The molecule has 2 fully saturated rings. The molecule has 12 heteroatoms. The molecule has 0 bridgehead atoms. The van der Waals surface area contributed by atoms with Crippen LogP contribution in [-0.4, -0.2) is 95.3 Å². The summed E-state index contributed by atoms with van der Waals surface area (Å²) in [5, 5.41) is 4.02. The predicted octanol–water partition coefficient (Wildman–Crippen LogP) is 6.73. The third-order valence-corrected chi connectivity index (χ3v) is 12.4. The lowest BCUT2D eigenvalue weighted by Crippen LogP contribution is -2.70. The highest BCUT2D eigenvalue weighted by Gasteiger charge is 2.56. The summed E-state index contributed by atoms with van der Waals surface area (Å²) in [4.78, 5) is 71.5. The number of fused-ring (bicyclic) bond motifs is 1. The number of benzene rings is 2. The molecule has 60 heavy (non-hydrogen) atoms. The molecule has 2 aromatic carbocycles. The van der Waals surface area contributed by atoms with E-state index in [0.29, 0.717) is 51.9 Å². The number of carbonyl (C=O) groups is 5. The van der Waals surface area contributed by atoms with Crippen LogP contribution in [0.2, 0.25) is 0 Å². The first-order valence-electron chi connectivity index (χ1n) is 21.0. The lowest BCUT2D eigenvalue weighted by atomic mass is 9.69. The molecule has 2 aliphatic rings. The highest BCUT2D eigenvalue weighted by Crippen LogP contribution is 2.44. The second kappa shape index (κ2) is 18.3. The molecule has 0 radical (unpaired) electrons. The molecule has 0 aliphatic carbocycles. The van der Waals surface area contributed by atoms with Crippen LogP contribution in [0.15, 0.2) is 73.4 Å². The lowest BCUT2D eigenvalue weighted by molar-refractivity contribution is -0.175. The van der Waals surface area contributed by atoms with E-state index in [4.69, 9.17) is 14.5 Å². The number of pyridine rings is 1. The van der Waals surface area contributed by atoms with Crippen LogP contribution in [0, 0.1) is 16.7 Å². The van der Waals surface area contributed by atoms with E-state index < -0.39 is 17.5 Å². The Morgan fingerprint density at radius 3 is 2.40 bits per heavy atom. The number of nitrogens with zero attached hydrogens (tertiary/aromatic N) is 4. The van der Waals surface area contributed by atoms with Crippen LogP contribution in [0.4, 0.5) is 0 Å². The van der Waals surface area contributed by atoms with Crippen molar-refractivity contribution in [2.45, 2.75) is 92.0 Å². The van der Waals surface area contributed by atoms with Crippen molar-refractivity contribution >= 4 is 41.4 Å². The molecule has 6 rings (SSSR count). The fraction of sp³-hybridized carbons (Fsp3) is 0.458. The Hall–Kier alpha value is -5.62. The highest BCUT2D eigenvalue weighted by atomic mass is 16.5. The number of rotatable bonds is 18. The number of nitrogens with one attached hydrogen (secondary N) is 1. The van der Waals surface area contributed by atoms with Gasteiger partial charge in [-0.2, -0.15) is 0 Å². The number of likely N-dealkylation sites (tertiary alicyclic amines) is 2. The third kappa shape index (κ3) is 8.80. The van der Waals surface area contributed by atoms with Crippen LogP contribution in [0.1, 0.15) is 77.3 Å². The Labute approximate surface area is 353 Å². The Bertz CT molecular complexity index is 2250. The molecule has 2 aromatic heterocycles. The zero-order valence-electron chi connectivity index (χ0n) is 36.0. The largest absolute Gasteiger partial charge is 0.467 e. The maximum absolute atomic E-state index is 13.8. The second-order valence-corrected chi connectivity index (χ2v) is 17.5. The normalized spacial score (nSPS) is 16.6. The number of aromatic nitrogens is 2. The molecule has 2 saturated heterocycles. The van der Waals surface area contributed by atoms with Crippen molar-refractivity contribution in [2.75, 3.05) is 33.4 Å². The zero-order chi connectivity index (χ0) is 43.4. The first-order chi connectivity index (χ1) is 28.7. The van der Waals surface area contributed by atoms with Gasteiger partial charge in [0, 0.05) is 61.4 Å². The summed E-state index contributed by atoms with van der Waals surface area (Å²) in [6, 6.07) is 17.0. The molecule has 3 atom stereocenters. The Kier molecular flexibility index (Phi) is 13.4. The number of aldehydes is 1. The number of aryl methyl sites for hydroxylation is 1. The highest BCUT2D eigenvalue weighted by molar-refractivity contribution is 5.97. The van der Waals surface area contributed by atoms with Crippen LogP contribution >= 0.6 is 0 Å². The fourth-order valence-electron chi connectivity index (χ4n) is 9.16. The van der Waals surface area contributed by atoms with E-state index in [0.717, 1.165) is 56.4 Å². The van der Waals surface area contributed by atoms with Gasteiger partial charge in [-0.15, -0.1) is 0 Å². The first kappa shape index (κ1) is 43.9. The molecule has 318 valence electrons. The van der Waals surface area contributed by atoms with Gasteiger partial charge >= 0.3 is 0 Å². The Morgan fingerprint density at radius 2 is 1.77 bits per heavy atom. The molecular weight excluding hydrogens is 759 g/mol. The van der Waals surface area contributed by atoms with E-state index in [9.17, 15) is 24.0 Å². The first-order valence-corrected chi connectivity index (χ1v) is 21.0. The maximum Gasteiger partial charge on any atom is 0.293 e. The van der Waals surface area contributed by atoms with Gasteiger partial charge in [0.25, 0.3) is 6.47 Å². The molecule has 1 N–H and O–H groups in total. The minimum atomic E-state index is -0.804. The molecule has 0 saturated carbocycles. The van der Waals surface area contributed by atoms with Gasteiger partial charge in [0.15, 0.2) is 0 Å². The SMILES string of the molecule is C=CC(=O)N1CCC2(CC1)CN(C(C(=O)NC(C=O)Cc1cccc(-c3ccc4c(c3)c(CC(C)(C)COC=O)c(-c3cccnc3C(C)OC)n4CC)c1)C(C)C)C2=O. The fourth-order valence-corrected chi connectivity index (χ4v) is 9.16. The van der Waals surface area contributed by atoms with E-state index >= 15 is 0 Å². The van der Waals surface area contributed by atoms with Crippen LogP contribution in [0.25, 0.3) is 33.3 Å². The lowest BCUT2D eigenvalue weighted by Gasteiger charge is -2.55. The second-order valence-electron chi connectivity index (χ2n) is 17.5. The van der Waals surface area contributed by atoms with E-state index in [1.807, 2.05) is 45.0 Å². The molecule has 1 spiro atoms. The van der Waals surface area contributed by atoms with Crippen molar-refractivity contribution in [3.05, 3.63) is 90.3 Å². The zero-order valence-corrected chi connectivity index (χ0v) is 36.0. The number of carbonyl (C=O) groups excluding carboxylic acids is 5. The molecule has 2 aliphatic heterocycles. The number of amides is 3. The number of methoxy groups -OCH3 is 1. The summed E-state index contributed by atoms with van der Waals surface area (Å²) in [6.07, 6.45) is 5.59. The van der Waals surface area contributed by atoms with E-state index in [2.05, 4.69) is 67.6 Å². The maximum atomic E-state index is 13.8. The van der Waals surface area contributed by atoms with Gasteiger partial charge < -0.3 is 34.0 Å². The number of hydrogen-bond acceptors (Lipinski definition) is 8. The van der Waals surface area contributed by atoms with Crippen LogP contribution in [-0.2, 0) is 52.8 Å². The number of β-lactam (4-membered cyclic amide) rings is 1. The van der Waals surface area contributed by atoms with Gasteiger partial charge in [-0.05, 0) is 98.0 Å². The molecule has 4 heterocycles. The number of piperidine rings is 1. The number of hydrogen-bond donors (Lipinski definition) is 1. The average molecular weight is 818 g/mol. The summed E-state index contributed by atoms with van der Waals surface area (Å²) in [6.45, 7) is 18.5. The molecule has 3 unspecified atom stereocenters. The smallest absolute Gasteiger partial charge is 0.293 e. The quantitative estimate of drug-likeness (QED) is 0.0663. The van der Waals surface area contributed by atoms with E-state index in [1.54, 1.807) is 23.1 Å². The summed E-state index contributed by atoms with van der Waals surface area (Å²) in [5.74, 6) is -0.736. The van der Waals surface area contributed by atoms with Crippen molar-refractivity contribution in [2.24, 2.45) is 16.7 Å². The van der Waals surface area contributed by atoms with Gasteiger partial charge in [-0.3, -0.25) is 24.2 Å². The minimum absolute atomic E-state index is 0.0674. The summed E-state index contributed by atoms with van der Waals surface area (Å²) < 4.78 is 13.4. The third-order valence-electron chi connectivity index (χ3n) is 12.4. The van der Waals surface area contributed by atoms with Crippen LogP contribution < -0.4 is 5.32 Å². The molecule has 4 aromatic rings. The van der Waals surface area contributed by atoms with Gasteiger partial charge in [0.2, 0.25) is 17.7 Å². The Balaban J connectivity index is 1.26. The number of ether oxygens (including phenoxy) is 2. The van der Waals surface area contributed by atoms with Crippen molar-refractivity contribution in [1.82, 2.24) is 24.7 Å². The molecule has 3 amide bonds. The van der Waals surface area contributed by atoms with Crippen molar-refractivity contribution < 1.29 is 33.4 Å². The Morgan fingerprint density at radius 1 is 1.03 bits per heavy atom. The monoisotopic (exact) mass is 817 g/mol. The van der Waals surface area contributed by atoms with Gasteiger partial charge in [-0.1, -0.05) is 64.6 Å². The summed E-state index contributed by atoms with van der Waals surface area (Å²) >= 11 is 0. The van der Waals surface area contributed by atoms with Gasteiger partial charge in [0.1, 0.15) is 12.3 Å². The van der Waals surface area contributed by atoms with Crippen molar-refractivity contribution in [1.29, 1.82) is 0 Å². The van der Waals surface area contributed by atoms with E-state index in [1.165, 1.54) is 6.08 Å². The summed E-state index contributed by atoms with van der Waals surface area (Å²) in [7, 11) is 1.68. The standard InChI is InChI=1S/C48H59N5O7/c1-9-41(56)51-21-18-48(19-22-51)28-53(46(48)58)43(31(3)4)45(57)50-36(27-54)24-33-13-11-14-34(23-33)35-16-17-40-38(25-35)39(26-47(6,7)29-60-30-55)44(52(40)10-2)37-15-12-20-49-42(37)32(5)59-8/h9,11-17,20,23,25,27,30-32,36,43H,1,10,18-19,21-22,24,26,28-29H2,2-8H3,(H,50,57). The topological polar surface area (TPSA) is 140 Å². The average Bonchev–Trinajstić information content (AvgIpc) is 3.55.